The highest BCUT2D eigenvalue weighted by Gasteiger charge is 2.56. The molecule has 20 heteroatoms. The van der Waals surface area contributed by atoms with E-state index >= 15 is 0 Å². The van der Waals surface area contributed by atoms with Gasteiger partial charge in [0.05, 0.1) is 24.5 Å². The lowest BCUT2D eigenvalue weighted by atomic mass is 9.98. The van der Waals surface area contributed by atoms with Crippen LogP contribution in [0.4, 0.5) is 14.7 Å². The minimum Gasteiger partial charge on any atom is -0.450 e. The Kier molecular flexibility index (Phi) is 13.6. The first-order valence-electron chi connectivity index (χ1n) is 21.2. The number of rotatable bonds is 15. The topological polar surface area (TPSA) is 230 Å². The van der Waals surface area contributed by atoms with E-state index in [1.807, 2.05) is 81.4 Å². The van der Waals surface area contributed by atoms with Crippen LogP contribution in [-0.2, 0) is 46.5 Å². The molecule has 2 aliphatic heterocycles. The minimum atomic E-state index is -1.48. The molecular weight excluding hydrogens is 845 g/mol. The SMILES string of the molecule is CC(C)(C)OC(=O)Nc1nc(/C(=N\OC2(C(=O)OC(c3ccccc3)c3ccccc3)CC2)C(=O)N[C@@H]2C(=O)N[C@@H]2Cn2ncc(CN3CCC(NC(=O)OC(C)(C)C)CC3)n2)cs1. The first-order valence-corrected chi connectivity index (χ1v) is 22.1. The zero-order valence-electron chi connectivity index (χ0n) is 36.7. The summed E-state index contributed by atoms with van der Waals surface area (Å²) in [6.07, 6.45) is 1.83. The summed E-state index contributed by atoms with van der Waals surface area (Å²) < 4.78 is 16.8. The first-order chi connectivity index (χ1) is 30.4. The third-order valence-corrected chi connectivity index (χ3v) is 11.1. The van der Waals surface area contributed by atoms with Crippen molar-refractivity contribution in [1.29, 1.82) is 0 Å². The minimum absolute atomic E-state index is 0.0171. The largest absolute Gasteiger partial charge is 0.450 e. The van der Waals surface area contributed by atoms with E-state index in [2.05, 4.69) is 46.5 Å². The van der Waals surface area contributed by atoms with E-state index in [0.717, 1.165) is 54.1 Å². The number of hydrogen-bond acceptors (Lipinski definition) is 15. The zero-order valence-corrected chi connectivity index (χ0v) is 37.5. The fraction of sp³-hybridized carbons (Fsp3) is 0.477. The molecule has 0 unspecified atom stereocenters. The van der Waals surface area contributed by atoms with Crippen LogP contribution in [0, 0.1) is 0 Å². The number of nitrogens with zero attached hydrogens (tertiary/aromatic N) is 6. The summed E-state index contributed by atoms with van der Waals surface area (Å²) in [5.41, 5.74) is -0.893. The highest BCUT2D eigenvalue weighted by Crippen LogP contribution is 2.43. The maximum Gasteiger partial charge on any atom is 0.413 e. The zero-order chi connectivity index (χ0) is 45.6. The smallest absolute Gasteiger partial charge is 0.413 e. The average molecular weight is 899 g/mol. The number of thiazole rings is 1. The summed E-state index contributed by atoms with van der Waals surface area (Å²) >= 11 is 1.01. The van der Waals surface area contributed by atoms with Crippen LogP contribution in [0.1, 0.15) is 95.8 Å². The van der Waals surface area contributed by atoms with Gasteiger partial charge in [0.15, 0.2) is 16.9 Å². The van der Waals surface area contributed by atoms with Crippen LogP contribution in [-0.4, -0.2) is 109 Å². The molecule has 4 aromatic rings. The Morgan fingerprint density at radius 1 is 0.906 bits per heavy atom. The predicted molar refractivity (Wildman–Crippen MR) is 234 cm³/mol. The van der Waals surface area contributed by atoms with Crippen molar-refractivity contribution in [3.8, 4) is 0 Å². The molecule has 4 heterocycles. The number of anilines is 1. The van der Waals surface area contributed by atoms with Crippen LogP contribution in [0.15, 0.2) is 77.4 Å². The molecule has 4 amide bonds. The van der Waals surface area contributed by atoms with Crippen molar-refractivity contribution in [3.05, 3.63) is 94.8 Å². The lowest BCUT2D eigenvalue weighted by Gasteiger charge is -2.36. The van der Waals surface area contributed by atoms with Crippen molar-refractivity contribution in [2.24, 2.45) is 5.16 Å². The normalized spacial score (nSPS) is 18.9. The molecule has 4 N–H and O–H groups in total. The van der Waals surface area contributed by atoms with Gasteiger partial charge in [-0.1, -0.05) is 65.8 Å². The van der Waals surface area contributed by atoms with Crippen molar-refractivity contribution in [3.63, 3.8) is 0 Å². The van der Waals surface area contributed by atoms with E-state index in [9.17, 15) is 24.0 Å². The number of piperidine rings is 1. The summed E-state index contributed by atoms with van der Waals surface area (Å²) in [4.78, 5) is 79.6. The van der Waals surface area contributed by atoms with Gasteiger partial charge in [-0.3, -0.25) is 19.8 Å². The number of amides is 4. The van der Waals surface area contributed by atoms with Crippen molar-refractivity contribution < 1.29 is 43.0 Å². The van der Waals surface area contributed by atoms with Crippen LogP contribution < -0.4 is 21.3 Å². The maximum absolute atomic E-state index is 14.1. The number of oxime groups is 1. The molecule has 340 valence electrons. The number of hydrogen-bond donors (Lipinski definition) is 4. The third kappa shape index (κ3) is 12.2. The number of aromatic nitrogens is 4. The Balaban J connectivity index is 1.01. The van der Waals surface area contributed by atoms with E-state index in [-0.39, 0.29) is 42.0 Å². The highest BCUT2D eigenvalue weighted by atomic mass is 32.1. The molecule has 3 fully saturated rings. The van der Waals surface area contributed by atoms with Crippen molar-refractivity contribution in [1.82, 2.24) is 40.8 Å². The number of nitrogens with one attached hydrogen (secondary N) is 4. The third-order valence-electron chi connectivity index (χ3n) is 10.3. The number of ether oxygens (including phenoxy) is 3. The Labute approximate surface area is 374 Å². The van der Waals surface area contributed by atoms with E-state index in [1.165, 1.54) is 10.2 Å². The number of carbonyl (C=O) groups excluding carboxylic acids is 5. The maximum atomic E-state index is 14.1. The summed E-state index contributed by atoms with van der Waals surface area (Å²) in [6.45, 7) is 12.8. The predicted octanol–water partition coefficient (Wildman–Crippen LogP) is 4.84. The van der Waals surface area contributed by atoms with Crippen molar-refractivity contribution in [2.75, 3.05) is 18.4 Å². The quantitative estimate of drug-likeness (QED) is 0.0412. The Bertz CT molecular complexity index is 2290. The first kappa shape index (κ1) is 45.6. The summed E-state index contributed by atoms with van der Waals surface area (Å²) in [6, 6.07) is 17.1. The van der Waals surface area contributed by atoms with Gasteiger partial charge < -0.3 is 35.0 Å². The van der Waals surface area contributed by atoms with Gasteiger partial charge in [-0.05, 0) is 65.5 Å². The second-order valence-corrected chi connectivity index (χ2v) is 18.8. The Hall–Kier alpha value is -6.41. The van der Waals surface area contributed by atoms with Crippen LogP contribution in [0.3, 0.4) is 0 Å². The number of benzene rings is 2. The molecule has 1 aliphatic carbocycles. The number of esters is 1. The second-order valence-electron chi connectivity index (χ2n) is 18.0. The lowest BCUT2D eigenvalue weighted by Crippen LogP contribution is -2.70. The fourth-order valence-corrected chi connectivity index (χ4v) is 7.67. The molecule has 2 aromatic heterocycles. The van der Waals surface area contributed by atoms with Gasteiger partial charge >= 0.3 is 18.2 Å². The van der Waals surface area contributed by atoms with Gasteiger partial charge in [0.1, 0.15) is 22.9 Å². The van der Waals surface area contributed by atoms with Gasteiger partial charge in [-0.15, -0.1) is 11.3 Å². The molecule has 0 radical (unpaired) electrons. The molecule has 0 bridgehead atoms. The van der Waals surface area contributed by atoms with E-state index in [1.54, 1.807) is 27.0 Å². The monoisotopic (exact) mass is 898 g/mol. The summed E-state index contributed by atoms with van der Waals surface area (Å²) in [5.74, 6) is -1.91. The highest BCUT2D eigenvalue weighted by molar-refractivity contribution is 7.14. The van der Waals surface area contributed by atoms with Gasteiger partial charge in [0, 0.05) is 43.9 Å². The molecule has 7 rings (SSSR count). The molecular formula is C44H54N10O9S. The molecule has 2 saturated heterocycles. The van der Waals surface area contributed by atoms with Gasteiger partial charge in [0.2, 0.25) is 11.5 Å². The molecule has 2 atom stereocenters. The number of alkyl carbamates (subject to hydrolysis) is 1. The Morgan fingerprint density at radius 2 is 1.53 bits per heavy atom. The molecule has 1 saturated carbocycles. The van der Waals surface area contributed by atoms with Gasteiger partial charge in [0.25, 0.3) is 5.91 Å². The van der Waals surface area contributed by atoms with E-state index in [4.69, 9.17) is 19.0 Å². The Morgan fingerprint density at radius 3 is 2.12 bits per heavy atom. The van der Waals surface area contributed by atoms with Crippen LogP contribution in [0.5, 0.6) is 0 Å². The van der Waals surface area contributed by atoms with Crippen molar-refractivity contribution in [2.45, 2.75) is 121 Å². The molecule has 3 aliphatic rings. The number of carbonyl (C=O) groups is 5. The van der Waals surface area contributed by atoms with Crippen LogP contribution >= 0.6 is 11.3 Å². The molecule has 0 spiro atoms. The summed E-state index contributed by atoms with van der Waals surface area (Å²) in [7, 11) is 0. The molecule has 2 aromatic carbocycles. The number of β-lactam (4-membered cyclic amide) rings is 1. The second kappa shape index (κ2) is 19.1. The van der Waals surface area contributed by atoms with E-state index in [0.29, 0.717) is 6.54 Å². The summed E-state index contributed by atoms with van der Waals surface area (Å²) in [5, 5.41) is 25.9. The fourth-order valence-electron chi connectivity index (χ4n) is 6.99. The van der Waals surface area contributed by atoms with E-state index < -0.39 is 65.0 Å². The van der Waals surface area contributed by atoms with Crippen LogP contribution in [0.25, 0.3) is 0 Å². The van der Waals surface area contributed by atoms with Gasteiger partial charge in [-0.2, -0.15) is 15.0 Å². The van der Waals surface area contributed by atoms with Crippen LogP contribution in [0.2, 0.25) is 0 Å². The lowest BCUT2D eigenvalue weighted by molar-refractivity contribution is -0.164. The van der Waals surface area contributed by atoms with Gasteiger partial charge in [-0.25, -0.2) is 19.4 Å². The average Bonchev–Trinajstić information content (AvgIpc) is 3.68. The number of likely N-dealkylation sites (tertiary alicyclic amines) is 1. The molecule has 64 heavy (non-hydrogen) atoms. The molecule has 19 nitrogen and oxygen atoms in total. The van der Waals surface area contributed by atoms with Crippen molar-refractivity contribution >= 4 is 52.2 Å². The standard InChI is InChI=1S/C44H54N10O9S/c1-42(2,3)61-40(58)46-29-17-21-53(22-18-29)24-30-23-45-54(51-30)25-31-33(36(55)47-31)49-37(56)34(32-26-64-39(48-32)50-41(59)62-43(4,5)6)52-63-44(19-20-44)38(57)60-35(27-13-9-7-10-14-27)28-15-11-8-12-16-28/h7-16,23,26,29,31,33,35H,17-22,24-25H2,1-6H3,(H,46,58)(H,47,55)(H,49,56)(H,48,50,59)/b52-34+/t31-,33+/m1/s1.